The summed E-state index contributed by atoms with van der Waals surface area (Å²) < 4.78 is 6.40. The Hall–Kier alpha value is -1.32. The second-order valence-electron chi connectivity index (χ2n) is 3.75. The van der Waals surface area contributed by atoms with Crippen molar-refractivity contribution in [1.29, 1.82) is 0 Å². The van der Waals surface area contributed by atoms with Gasteiger partial charge in [-0.05, 0) is 35.4 Å². The zero-order chi connectivity index (χ0) is 12.3. The second-order valence-corrected chi connectivity index (χ2v) is 4.67. The molecule has 0 heterocycles. The maximum Gasteiger partial charge on any atom is 0.126 e. The molecule has 0 bridgehead atoms. The van der Waals surface area contributed by atoms with E-state index in [4.69, 9.17) is 10.5 Å². The van der Waals surface area contributed by atoms with Crippen molar-refractivity contribution >= 4 is 15.9 Å². The summed E-state index contributed by atoms with van der Waals surface area (Å²) in [6, 6.07) is 14.1. The van der Waals surface area contributed by atoms with Gasteiger partial charge in [0.15, 0.2) is 0 Å². The number of rotatable bonds is 3. The van der Waals surface area contributed by atoms with Crippen LogP contribution in [0, 0.1) is 0 Å². The Morgan fingerprint density at radius 3 is 2.65 bits per heavy atom. The monoisotopic (exact) mass is 291 g/mol. The highest BCUT2D eigenvalue weighted by molar-refractivity contribution is 9.10. The molecular formula is C14H14BrNO. The summed E-state index contributed by atoms with van der Waals surface area (Å²) in [6.45, 7) is 0.529. The number of hydrogen-bond donors (Lipinski definition) is 1. The molecule has 3 heteroatoms. The molecule has 0 radical (unpaired) electrons. The number of para-hydroxylation sites is 1. The number of hydrogen-bond acceptors (Lipinski definition) is 2. The van der Waals surface area contributed by atoms with Crippen molar-refractivity contribution in [2.24, 2.45) is 5.73 Å². The fraction of sp³-hybridized carbons (Fsp3) is 0.143. The zero-order valence-corrected chi connectivity index (χ0v) is 11.2. The molecule has 0 atom stereocenters. The first-order valence-electron chi connectivity index (χ1n) is 5.37. The standard InChI is InChI=1S/C14H14BrNO/c1-17-14-5-3-2-4-13(14)11-6-10(9-16)7-12(15)8-11/h2-8H,9,16H2,1H3. The highest BCUT2D eigenvalue weighted by Gasteiger charge is 2.06. The highest BCUT2D eigenvalue weighted by atomic mass is 79.9. The molecule has 0 aromatic heterocycles. The minimum atomic E-state index is 0.529. The van der Waals surface area contributed by atoms with E-state index in [0.717, 1.165) is 26.9 Å². The predicted octanol–water partition coefficient (Wildman–Crippen LogP) is 3.58. The van der Waals surface area contributed by atoms with Crippen LogP contribution in [0.4, 0.5) is 0 Å². The van der Waals surface area contributed by atoms with Crippen LogP contribution in [0.5, 0.6) is 5.75 Å². The fourth-order valence-corrected chi connectivity index (χ4v) is 2.35. The third kappa shape index (κ3) is 2.68. The van der Waals surface area contributed by atoms with Crippen LogP contribution in [0.15, 0.2) is 46.9 Å². The fourth-order valence-electron chi connectivity index (χ4n) is 1.81. The Morgan fingerprint density at radius 2 is 1.94 bits per heavy atom. The van der Waals surface area contributed by atoms with Gasteiger partial charge in [-0.1, -0.05) is 34.1 Å². The van der Waals surface area contributed by atoms with E-state index in [-0.39, 0.29) is 0 Å². The lowest BCUT2D eigenvalue weighted by Gasteiger charge is -2.10. The van der Waals surface area contributed by atoms with Gasteiger partial charge in [0.25, 0.3) is 0 Å². The lowest BCUT2D eigenvalue weighted by molar-refractivity contribution is 0.416. The van der Waals surface area contributed by atoms with Gasteiger partial charge in [-0.15, -0.1) is 0 Å². The van der Waals surface area contributed by atoms with Gasteiger partial charge in [0.2, 0.25) is 0 Å². The van der Waals surface area contributed by atoms with Gasteiger partial charge in [0.05, 0.1) is 7.11 Å². The molecule has 0 unspecified atom stereocenters. The summed E-state index contributed by atoms with van der Waals surface area (Å²) in [5, 5.41) is 0. The Balaban J connectivity index is 2.55. The van der Waals surface area contributed by atoms with Crippen LogP contribution in [0.2, 0.25) is 0 Å². The number of methoxy groups -OCH3 is 1. The average Bonchev–Trinajstić information content (AvgIpc) is 2.37. The molecule has 0 aliphatic carbocycles. The van der Waals surface area contributed by atoms with Gasteiger partial charge in [-0.3, -0.25) is 0 Å². The Bertz CT molecular complexity index is 525. The van der Waals surface area contributed by atoms with Crippen molar-refractivity contribution in [2.45, 2.75) is 6.54 Å². The van der Waals surface area contributed by atoms with Gasteiger partial charge in [-0.2, -0.15) is 0 Å². The van der Waals surface area contributed by atoms with Crippen LogP contribution in [-0.2, 0) is 6.54 Å². The van der Waals surface area contributed by atoms with Crippen molar-refractivity contribution in [1.82, 2.24) is 0 Å². The van der Waals surface area contributed by atoms with Crippen LogP contribution < -0.4 is 10.5 Å². The van der Waals surface area contributed by atoms with E-state index in [1.165, 1.54) is 0 Å². The van der Waals surface area contributed by atoms with Gasteiger partial charge in [-0.25, -0.2) is 0 Å². The molecule has 2 nitrogen and oxygen atoms in total. The van der Waals surface area contributed by atoms with Gasteiger partial charge in [0, 0.05) is 16.6 Å². The quantitative estimate of drug-likeness (QED) is 0.938. The van der Waals surface area contributed by atoms with Gasteiger partial charge in [0.1, 0.15) is 5.75 Å². The van der Waals surface area contributed by atoms with Crippen molar-refractivity contribution < 1.29 is 4.74 Å². The first-order chi connectivity index (χ1) is 8.24. The SMILES string of the molecule is COc1ccccc1-c1cc(Br)cc(CN)c1. The summed E-state index contributed by atoms with van der Waals surface area (Å²) in [5.41, 5.74) is 8.97. The van der Waals surface area contributed by atoms with Crippen LogP contribution in [0.3, 0.4) is 0 Å². The molecule has 2 aromatic rings. The normalized spacial score (nSPS) is 10.3. The summed E-state index contributed by atoms with van der Waals surface area (Å²) in [5.74, 6) is 0.869. The summed E-state index contributed by atoms with van der Waals surface area (Å²) in [4.78, 5) is 0. The van der Waals surface area contributed by atoms with Crippen molar-refractivity contribution in [3.63, 3.8) is 0 Å². The minimum absolute atomic E-state index is 0.529. The summed E-state index contributed by atoms with van der Waals surface area (Å²) in [7, 11) is 1.68. The van der Waals surface area contributed by atoms with E-state index >= 15 is 0 Å². The predicted molar refractivity (Wildman–Crippen MR) is 74.0 cm³/mol. The van der Waals surface area contributed by atoms with E-state index in [1.54, 1.807) is 7.11 Å². The first-order valence-corrected chi connectivity index (χ1v) is 6.17. The maximum absolute atomic E-state index is 5.68. The topological polar surface area (TPSA) is 35.2 Å². The molecule has 88 valence electrons. The number of nitrogens with two attached hydrogens (primary N) is 1. The van der Waals surface area contributed by atoms with Gasteiger partial charge < -0.3 is 10.5 Å². The first kappa shape index (κ1) is 12.1. The lowest BCUT2D eigenvalue weighted by Crippen LogP contribution is -1.97. The molecule has 0 spiro atoms. The minimum Gasteiger partial charge on any atom is -0.496 e. The van der Waals surface area contributed by atoms with E-state index < -0.39 is 0 Å². The highest BCUT2D eigenvalue weighted by Crippen LogP contribution is 2.32. The largest absolute Gasteiger partial charge is 0.496 e. The van der Waals surface area contributed by atoms with Crippen LogP contribution in [0.1, 0.15) is 5.56 Å². The third-order valence-corrected chi connectivity index (χ3v) is 3.07. The van der Waals surface area contributed by atoms with Crippen molar-refractivity contribution in [2.75, 3.05) is 7.11 Å². The van der Waals surface area contributed by atoms with E-state index in [0.29, 0.717) is 6.54 Å². The molecule has 17 heavy (non-hydrogen) atoms. The van der Waals surface area contributed by atoms with Crippen LogP contribution >= 0.6 is 15.9 Å². The molecule has 0 aliphatic rings. The third-order valence-electron chi connectivity index (χ3n) is 2.61. The van der Waals surface area contributed by atoms with E-state index in [2.05, 4.69) is 28.1 Å². The van der Waals surface area contributed by atoms with Crippen LogP contribution in [-0.4, -0.2) is 7.11 Å². The Labute approximate surface area is 110 Å². The van der Waals surface area contributed by atoms with E-state index in [9.17, 15) is 0 Å². The van der Waals surface area contributed by atoms with Crippen molar-refractivity contribution in [3.8, 4) is 16.9 Å². The molecular weight excluding hydrogens is 278 g/mol. The molecule has 0 fully saturated rings. The molecule has 0 saturated carbocycles. The molecule has 2 N–H and O–H groups in total. The lowest BCUT2D eigenvalue weighted by atomic mass is 10.0. The molecule has 0 amide bonds. The molecule has 2 aromatic carbocycles. The second kappa shape index (κ2) is 5.34. The number of ether oxygens (including phenoxy) is 1. The number of halogens is 1. The Morgan fingerprint density at radius 1 is 1.18 bits per heavy atom. The molecule has 2 rings (SSSR count). The van der Waals surface area contributed by atoms with Crippen molar-refractivity contribution in [3.05, 3.63) is 52.5 Å². The Kier molecular flexibility index (Phi) is 3.82. The van der Waals surface area contributed by atoms with Crippen LogP contribution in [0.25, 0.3) is 11.1 Å². The number of benzene rings is 2. The average molecular weight is 292 g/mol. The maximum atomic E-state index is 5.68. The smallest absolute Gasteiger partial charge is 0.126 e. The summed E-state index contributed by atoms with van der Waals surface area (Å²) >= 11 is 3.50. The van der Waals surface area contributed by atoms with E-state index in [1.807, 2.05) is 30.3 Å². The summed E-state index contributed by atoms with van der Waals surface area (Å²) in [6.07, 6.45) is 0. The zero-order valence-electron chi connectivity index (χ0n) is 9.61. The molecule has 0 aliphatic heterocycles. The van der Waals surface area contributed by atoms with Gasteiger partial charge >= 0.3 is 0 Å². The molecule has 0 saturated heterocycles.